The number of benzene rings is 2. The number of fused-ring (bicyclic) bond motifs is 6. The van der Waals surface area contributed by atoms with Gasteiger partial charge in [-0.2, -0.15) is 0 Å². The Labute approximate surface area is 279 Å². The number of ether oxygens (including phenoxy) is 7. The van der Waals surface area contributed by atoms with Crippen molar-refractivity contribution in [2.24, 2.45) is 0 Å². The maximum absolute atomic E-state index is 13.6. The first-order valence-electron chi connectivity index (χ1n) is 16.2. The summed E-state index contributed by atoms with van der Waals surface area (Å²) in [4.78, 5) is 40.5. The highest BCUT2D eigenvalue weighted by atomic mass is 16.9. The topological polar surface area (TPSA) is 151 Å². The fourth-order valence-corrected chi connectivity index (χ4v) is 6.95. The molecule has 0 radical (unpaired) electrons. The zero-order valence-corrected chi connectivity index (χ0v) is 28.3. The average Bonchev–Trinajstić information content (AvgIpc) is 3.59. The van der Waals surface area contributed by atoms with Crippen LogP contribution in [0.2, 0.25) is 0 Å². The van der Waals surface area contributed by atoms with Crippen LogP contribution in [0.1, 0.15) is 65.5 Å². The van der Waals surface area contributed by atoms with Crippen molar-refractivity contribution >= 4 is 18.2 Å². The van der Waals surface area contributed by atoms with E-state index in [1.54, 1.807) is 48.5 Å². The summed E-state index contributed by atoms with van der Waals surface area (Å²) >= 11 is 0. The molecule has 3 fully saturated rings. The number of alkyl carbamates (subject to hydrolysis) is 1. The van der Waals surface area contributed by atoms with Crippen LogP contribution in [0.15, 0.2) is 48.5 Å². The molecule has 0 aromatic heterocycles. The lowest BCUT2D eigenvalue weighted by Gasteiger charge is -2.43. The van der Waals surface area contributed by atoms with Crippen LogP contribution in [-0.2, 0) is 38.0 Å². The standard InChI is InChI=1S/C35H44N2O11/c1-32(2,3)47-31(41)37(19-35-28(46-34(6,7)48-35)27-26(18-43-35)44-33(4,5)45-27)16-25(29(38)39)36-30(40)42-17-24-22-14-10-8-12-20(22)21-13-9-11-15-23(21)24/h8-15,24-28H,16-19H2,1-7H3,(H,36,40)(H,38,39)/t25-,26?,27?,28?,35?/m0/s1. The van der Waals surface area contributed by atoms with E-state index < -0.39 is 72.0 Å². The molecule has 0 saturated carbocycles. The fraction of sp³-hybridized carbons (Fsp3) is 0.571. The van der Waals surface area contributed by atoms with Gasteiger partial charge >= 0.3 is 18.2 Å². The van der Waals surface area contributed by atoms with Crippen LogP contribution in [-0.4, -0.2) is 102 Å². The lowest BCUT2D eigenvalue weighted by atomic mass is 9.96. The van der Waals surface area contributed by atoms with Gasteiger partial charge in [-0.1, -0.05) is 48.5 Å². The van der Waals surface area contributed by atoms with Gasteiger partial charge in [0.25, 0.3) is 0 Å². The van der Waals surface area contributed by atoms with Crippen molar-refractivity contribution in [2.75, 3.05) is 26.3 Å². The summed E-state index contributed by atoms with van der Waals surface area (Å²) < 4.78 is 42.3. The van der Waals surface area contributed by atoms with E-state index >= 15 is 0 Å². The van der Waals surface area contributed by atoms with E-state index in [1.165, 1.54) is 0 Å². The number of nitrogens with zero attached hydrogens (tertiary/aromatic N) is 1. The Kier molecular flexibility index (Phi) is 8.74. The third-order valence-electron chi connectivity index (χ3n) is 8.67. The summed E-state index contributed by atoms with van der Waals surface area (Å²) in [6, 6.07) is 14.2. The summed E-state index contributed by atoms with van der Waals surface area (Å²) in [5, 5.41) is 12.6. The van der Waals surface area contributed by atoms with Crippen LogP contribution in [0.25, 0.3) is 11.1 Å². The predicted octanol–water partition coefficient (Wildman–Crippen LogP) is 4.61. The lowest BCUT2D eigenvalue weighted by molar-refractivity contribution is -0.285. The van der Waals surface area contributed by atoms with Gasteiger partial charge in [-0.05, 0) is 70.7 Å². The summed E-state index contributed by atoms with van der Waals surface area (Å²) in [5.74, 6) is -5.20. The van der Waals surface area contributed by atoms with Gasteiger partial charge in [-0.3, -0.25) is 4.90 Å². The Morgan fingerprint density at radius 3 is 2.19 bits per heavy atom. The van der Waals surface area contributed by atoms with Crippen LogP contribution in [0.4, 0.5) is 9.59 Å². The highest BCUT2D eigenvalue weighted by molar-refractivity contribution is 5.82. The van der Waals surface area contributed by atoms with Crippen LogP contribution in [0, 0.1) is 0 Å². The van der Waals surface area contributed by atoms with Gasteiger partial charge in [0.15, 0.2) is 11.6 Å². The smallest absolute Gasteiger partial charge is 0.410 e. The molecule has 4 unspecified atom stereocenters. The second kappa shape index (κ2) is 12.3. The number of amides is 2. The molecule has 6 rings (SSSR count). The first kappa shape index (κ1) is 34.1. The van der Waals surface area contributed by atoms with E-state index in [2.05, 4.69) is 5.32 Å². The van der Waals surface area contributed by atoms with Gasteiger partial charge in [0.05, 0.1) is 19.7 Å². The molecule has 3 saturated heterocycles. The van der Waals surface area contributed by atoms with Gasteiger partial charge in [-0.25, -0.2) is 14.4 Å². The zero-order valence-electron chi connectivity index (χ0n) is 28.3. The first-order chi connectivity index (χ1) is 22.5. The molecule has 48 heavy (non-hydrogen) atoms. The van der Waals surface area contributed by atoms with Gasteiger partial charge in [-0.15, -0.1) is 0 Å². The summed E-state index contributed by atoms with van der Waals surface area (Å²) in [7, 11) is 0. The van der Waals surface area contributed by atoms with Crippen molar-refractivity contribution in [1.29, 1.82) is 0 Å². The lowest BCUT2D eigenvalue weighted by Crippen LogP contribution is -2.64. The molecule has 2 aromatic rings. The van der Waals surface area contributed by atoms with E-state index in [4.69, 9.17) is 33.2 Å². The molecule has 13 heteroatoms. The average molecular weight is 669 g/mol. The monoisotopic (exact) mass is 668 g/mol. The van der Waals surface area contributed by atoms with Gasteiger partial charge < -0.3 is 43.6 Å². The van der Waals surface area contributed by atoms with Gasteiger partial charge in [0.2, 0.25) is 5.79 Å². The van der Waals surface area contributed by atoms with Crippen molar-refractivity contribution in [3.05, 3.63) is 59.7 Å². The minimum Gasteiger partial charge on any atom is -0.480 e. The maximum atomic E-state index is 13.6. The van der Waals surface area contributed by atoms with Crippen molar-refractivity contribution in [3.63, 3.8) is 0 Å². The summed E-state index contributed by atoms with van der Waals surface area (Å²) in [5.41, 5.74) is 3.24. The van der Waals surface area contributed by atoms with E-state index in [0.29, 0.717) is 0 Å². The number of carbonyl (C=O) groups excluding carboxylic acids is 2. The van der Waals surface area contributed by atoms with Gasteiger partial charge in [0, 0.05) is 5.92 Å². The molecule has 3 aliphatic heterocycles. The maximum Gasteiger partial charge on any atom is 0.410 e. The Hall–Kier alpha value is -3.75. The Morgan fingerprint density at radius 2 is 1.58 bits per heavy atom. The van der Waals surface area contributed by atoms with E-state index in [0.717, 1.165) is 27.2 Å². The number of carboxylic acids is 1. The van der Waals surface area contributed by atoms with Gasteiger partial charge in [0.1, 0.15) is 36.6 Å². The Morgan fingerprint density at radius 1 is 0.958 bits per heavy atom. The number of hydrogen-bond acceptors (Lipinski definition) is 10. The number of aliphatic carboxylic acids is 1. The number of carboxylic acid groups (broad SMARTS) is 1. The van der Waals surface area contributed by atoms with Crippen molar-refractivity contribution in [2.45, 2.75) is 102 Å². The minimum atomic E-state index is -1.57. The third kappa shape index (κ3) is 6.88. The third-order valence-corrected chi connectivity index (χ3v) is 8.67. The van der Waals surface area contributed by atoms with Crippen LogP contribution < -0.4 is 5.32 Å². The van der Waals surface area contributed by atoms with E-state index in [1.807, 2.05) is 48.5 Å². The zero-order chi connectivity index (χ0) is 34.6. The van der Waals surface area contributed by atoms with E-state index in [9.17, 15) is 19.5 Å². The number of carbonyl (C=O) groups is 3. The normalized spacial score (nSPS) is 27.2. The molecule has 260 valence electrons. The minimum absolute atomic E-state index is 0.0121. The summed E-state index contributed by atoms with van der Waals surface area (Å²) in [6.07, 6.45) is -3.66. The SMILES string of the molecule is CC(C)(C)OC(=O)N(C[C@H](NC(=O)OCC1c2ccccc2-c2ccccc21)C(=O)O)CC12OCC3OC(C)(C)OC3C1OC(C)(C)O2. The van der Waals surface area contributed by atoms with Crippen LogP contribution in [0.5, 0.6) is 0 Å². The predicted molar refractivity (Wildman–Crippen MR) is 170 cm³/mol. The second-order valence-corrected chi connectivity index (χ2v) is 14.5. The van der Waals surface area contributed by atoms with Crippen LogP contribution in [0.3, 0.4) is 0 Å². The molecule has 1 aliphatic carbocycles. The quantitative estimate of drug-likeness (QED) is 0.406. The molecule has 0 bridgehead atoms. The second-order valence-electron chi connectivity index (χ2n) is 14.5. The molecule has 0 spiro atoms. The van der Waals surface area contributed by atoms with E-state index in [-0.39, 0.29) is 25.7 Å². The molecule has 3 heterocycles. The van der Waals surface area contributed by atoms with Crippen LogP contribution >= 0.6 is 0 Å². The number of rotatable bonds is 8. The van der Waals surface area contributed by atoms with Crippen molar-refractivity contribution in [1.82, 2.24) is 10.2 Å². The Bertz CT molecular complexity index is 1520. The molecule has 2 N–H and O–H groups in total. The molecule has 2 aromatic carbocycles. The highest BCUT2D eigenvalue weighted by Crippen LogP contribution is 2.48. The largest absolute Gasteiger partial charge is 0.480 e. The van der Waals surface area contributed by atoms with Crippen molar-refractivity contribution in [3.8, 4) is 11.1 Å². The first-order valence-corrected chi connectivity index (χ1v) is 16.2. The fourth-order valence-electron chi connectivity index (χ4n) is 6.95. The van der Waals surface area contributed by atoms with Crippen molar-refractivity contribution < 1.29 is 52.6 Å². The number of nitrogens with one attached hydrogen (secondary N) is 1. The number of hydrogen-bond donors (Lipinski definition) is 2. The molecular weight excluding hydrogens is 624 g/mol. The molecule has 4 aliphatic rings. The summed E-state index contributed by atoms with van der Waals surface area (Å²) in [6.45, 7) is 11.4. The molecule has 13 nitrogen and oxygen atoms in total. The molecule has 5 atom stereocenters. The Balaban J connectivity index is 1.20. The molecule has 2 amide bonds. The molecular formula is C35H44N2O11. The highest BCUT2D eigenvalue weighted by Gasteiger charge is 2.66.